The maximum Gasteiger partial charge on any atom is 0.308 e. The van der Waals surface area contributed by atoms with Crippen molar-refractivity contribution in [1.29, 1.82) is 0 Å². The monoisotopic (exact) mass is 440 g/mol. The molecule has 0 spiro atoms. The van der Waals surface area contributed by atoms with Crippen LogP contribution in [0.15, 0.2) is 53.3 Å². The first-order valence-electron chi connectivity index (χ1n) is 10.2. The van der Waals surface area contributed by atoms with Crippen molar-refractivity contribution < 1.29 is 23.8 Å². The van der Waals surface area contributed by atoms with E-state index in [-0.39, 0.29) is 31.7 Å². The summed E-state index contributed by atoms with van der Waals surface area (Å²) in [6.45, 7) is 2.61. The van der Waals surface area contributed by atoms with Crippen LogP contribution in [0.4, 0.5) is 0 Å². The molecule has 0 bridgehead atoms. The number of amides is 1. The van der Waals surface area contributed by atoms with Gasteiger partial charge < -0.3 is 19.5 Å². The van der Waals surface area contributed by atoms with Crippen molar-refractivity contribution in [1.82, 2.24) is 20.3 Å². The Morgan fingerprint density at radius 1 is 1.03 bits per heavy atom. The molecule has 1 amide bonds. The van der Waals surface area contributed by atoms with Crippen LogP contribution in [0.25, 0.3) is 10.9 Å². The normalized spacial score (nSPS) is 10.5. The van der Waals surface area contributed by atoms with Gasteiger partial charge in [-0.3, -0.25) is 14.4 Å². The Morgan fingerprint density at radius 3 is 2.50 bits per heavy atom. The van der Waals surface area contributed by atoms with Crippen LogP contribution in [0.1, 0.15) is 13.3 Å². The first-order valence-corrected chi connectivity index (χ1v) is 10.2. The average Bonchev–Trinajstić information content (AvgIpc) is 2.81. The lowest BCUT2D eigenvalue weighted by Crippen LogP contribution is -2.32. The minimum atomic E-state index is -0.618. The second kappa shape index (κ2) is 11.4. The summed E-state index contributed by atoms with van der Waals surface area (Å²) in [6.07, 6.45) is -0.110. The fourth-order valence-corrected chi connectivity index (χ4v) is 2.79. The molecule has 1 heterocycles. The predicted molar refractivity (Wildman–Crippen MR) is 115 cm³/mol. The number of fused-ring (bicyclic) bond motifs is 1. The molecule has 2 aromatic carbocycles. The molecule has 1 N–H and O–H groups in total. The van der Waals surface area contributed by atoms with Crippen LogP contribution >= 0.6 is 0 Å². The van der Waals surface area contributed by atoms with Crippen LogP contribution in [0.5, 0.6) is 11.5 Å². The van der Waals surface area contributed by atoms with Gasteiger partial charge in [-0.2, -0.15) is 0 Å². The van der Waals surface area contributed by atoms with Gasteiger partial charge in [0.2, 0.25) is 0 Å². The molecule has 0 aliphatic heterocycles. The molecule has 168 valence electrons. The SMILES string of the molecule is CCOc1ccc(OCCNC(=O)COC(=O)CCn2nnc3ccccc3c2=O)cc1. The van der Waals surface area contributed by atoms with E-state index in [1.165, 1.54) is 0 Å². The minimum absolute atomic E-state index is 0.00699. The van der Waals surface area contributed by atoms with E-state index >= 15 is 0 Å². The molecule has 3 aromatic rings. The van der Waals surface area contributed by atoms with Crippen molar-refractivity contribution in [2.24, 2.45) is 0 Å². The van der Waals surface area contributed by atoms with Gasteiger partial charge in [-0.15, -0.1) is 5.10 Å². The van der Waals surface area contributed by atoms with Crippen LogP contribution in [-0.2, 0) is 20.9 Å². The Labute approximate surface area is 184 Å². The molecule has 1 aromatic heterocycles. The van der Waals surface area contributed by atoms with Crippen molar-refractivity contribution in [2.45, 2.75) is 19.9 Å². The van der Waals surface area contributed by atoms with Gasteiger partial charge in [-0.05, 0) is 43.3 Å². The number of hydrogen-bond acceptors (Lipinski definition) is 8. The third-order valence-corrected chi connectivity index (χ3v) is 4.35. The van der Waals surface area contributed by atoms with Crippen LogP contribution in [-0.4, -0.2) is 53.2 Å². The Kier molecular flexibility index (Phi) is 8.13. The molecule has 0 saturated carbocycles. The van der Waals surface area contributed by atoms with E-state index < -0.39 is 18.5 Å². The third-order valence-electron chi connectivity index (χ3n) is 4.35. The van der Waals surface area contributed by atoms with Gasteiger partial charge in [0.05, 0.1) is 31.5 Å². The number of carbonyl (C=O) groups is 2. The van der Waals surface area contributed by atoms with Gasteiger partial charge >= 0.3 is 5.97 Å². The van der Waals surface area contributed by atoms with Crippen molar-refractivity contribution in [2.75, 3.05) is 26.4 Å². The summed E-state index contributed by atoms with van der Waals surface area (Å²) in [5, 5.41) is 10.8. The zero-order valence-electron chi connectivity index (χ0n) is 17.7. The van der Waals surface area contributed by atoms with Gasteiger partial charge in [0.25, 0.3) is 11.5 Å². The molecule has 0 atom stereocenters. The molecule has 0 aliphatic carbocycles. The molecule has 10 heteroatoms. The smallest absolute Gasteiger partial charge is 0.308 e. The van der Waals surface area contributed by atoms with Crippen molar-refractivity contribution in [3.05, 3.63) is 58.9 Å². The fourth-order valence-electron chi connectivity index (χ4n) is 2.79. The van der Waals surface area contributed by atoms with E-state index in [9.17, 15) is 14.4 Å². The van der Waals surface area contributed by atoms with E-state index in [4.69, 9.17) is 14.2 Å². The number of esters is 1. The second-order valence-corrected chi connectivity index (χ2v) is 6.65. The number of aryl methyl sites for hydroxylation is 1. The highest BCUT2D eigenvalue weighted by Crippen LogP contribution is 2.17. The zero-order chi connectivity index (χ0) is 22.8. The number of nitrogens with zero attached hydrogens (tertiary/aromatic N) is 3. The summed E-state index contributed by atoms with van der Waals surface area (Å²) in [5.41, 5.74) is 0.146. The van der Waals surface area contributed by atoms with Gasteiger partial charge in [0.1, 0.15) is 23.6 Å². The summed E-state index contributed by atoms with van der Waals surface area (Å²) >= 11 is 0. The number of benzene rings is 2. The predicted octanol–water partition coefficient (Wildman–Crippen LogP) is 1.32. The topological polar surface area (TPSA) is 122 Å². The average molecular weight is 440 g/mol. The Morgan fingerprint density at radius 2 is 1.75 bits per heavy atom. The summed E-state index contributed by atoms with van der Waals surface area (Å²) in [4.78, 5) is 36.0. The summed E-state index contributed by atoms with van der Waals surface area (Å²) < 4.78 is 16.9. The Hall–Kier alpha value is -3.95. The highest BCUT2D eigenvalue weighted by molar-refractivity contribution is 5.80. The number of nitrogens with one attached hydrogen (secondary N) is 1. The number of rotatable bonds is 11. The fraction of sp³-hybridized carbons (Fsp3) is 0.318. The van der Waals surface area contributed by atoms with Crippen molar-refractivity contribution >= 4 is 22.8 Å². The second-order valence-electron chi connectivity index (χ2n) is 6.65. The molecule has 0 fully saturated rings. The lowest BCUT2D eigenvalue weighted by atomic mass is 10.2. The molecular weight excluding hydrogens is 416 g/mol. The summed E-state index contributed by atoms with van der Waals surface area (Å²) in [7, 11) is 0. The minimum Gasteiger partial charge on any atom is -0.494 e. The van der Waals surface area contributed by atoms with E-state index in [0.29, 0.717) is 23.3 Å². The molecule has 0 unspecified atom stereocenters. The third kappa shape index (κ3) is 6.53. The number of hydrogen-bond donors (Lipinski definition) is 1. The van der Waals surface area contributed by atoms with E-state index in [2.05, 4.69) is 15.6 Å². The maximum atomic E-state index is 12.3. The summed E-state index contributed by atoms with van der Waals surface area (Å²) in [5.74, 6) is 0.345. The van der Waals surface area contributed by atoms with Crippen molar-refractivity contribution in [3.63, 3.8) is 0 Å². The van der Waals surface area contributed by atoms with Crippen LogP contribution in [0.3, 0.4) is 0 Å². The number of carbonyl (C=O) groups excluding carboxylic acids is 2. The molecule has 0 radical (unpaired) electrons. The van der Waals surface area contributed by atoms with E-state index in [1.54, 1.807) is 48.5 Å². The Bertz CT molecular complexity index is 1110. The standard InChI is InChI=1S/C22H24N4O6/c1-2-30-16-7-9-17(10-8-16)31-14-12-23-20(27)15-32-21(28)11-13-26-22(29)18-5-3-4-6-19(18)24-25-26/h3-10H,2,11-15H2,1H3,(H,23,27). The van der Waals surface area contributed by atoms with Crippen molar-refractivity contribution in [3.8, 4) is 11.5 Å². The highest BCUT2D eigenvalue weighted by Gasteiger charge is 2.10. The van der Waals surface area contributed by atoms with Gasteiger partial charge in [0.15, 0.2) is 6.61 Å². The quantitative estimate of drug-likeness (QED) is 0.350. The van der Waals surface area contributed by atoms with Crippen LogP contribution < -0.4 is 20.3 Å². The first-order chi connectivity index (χ1) is 15.6. The van der Waals surface area contributed by atoms with E-state index in [1.807, 2.05) is 6.92 Å². The van der Waals surface area contributed by atoms with Gasteiger partial charge in [0, 0.05) is 0 Å². The van der Waals surface area contributed by atoms with Crippen LogP contribution in [0.2, 0.25) is 0 Å². The lowest BCUT2D eigenvalue weighted by molar-refractivity contribution is -0.148. The molecule has 3 rings (SSSR count). The van der Waals surface area contributed by atoms with Crippen LogP contribution in [0, 0.1) is 0 Å². The van der Waals surface area contributed by atoms with E-state index in [0.717, 1.165) is 10.4 Å². The maximum absolute atomic E-state index is 12.3. The summed E-state index contributed by atoms with van der Waals surface area (Å²) in [6, 6.07) is 14.0. The lowest BCUT2D eigenvalue weighted by Gasteiger charge is -2.09. The molecule has 32 heavy (non-hydrogen) atoms. The highest BCUT2D eigenvalue weighted by atomic mass is 16.5. The van der Waals surface area contributed by atoms with Gasteiger partial charge in [-0.25, -0.2) is 4.68 Å². The zero-order valence-corrected chi connectivity index (χ0v) is 17.7. The first kappa shape index (κ1) is 22.7. The number of ether oxygens (including phenoxy) is 3. The largest absolute Gasteiger partial charge is 0.494 e. The molecule has 0 saturated heterocycles. The molecule has 0 aliphatic rings. The van der Waals surface area contributed by atoms with Gasteiger partial charge in [-0.1, -0.05) is 17.3 Å². The number of aromatic nitrogens is 3. The molecular formula is C22H24N4O6. The Balaban J connectivity index is 1.33. The molecule has 10 nitrogen and oxygen atoms in total.